The van der Waals surface area contributed by atoms with Crippen molar-refractivity contribution < 1.29 is 9.18 Å². The Labute approximate surface area is 170 Å². The maximum absolute atomic E-state index is 13.6. The third-order valence-electron chi connectivity index (χ3n) is 5.32. The van der Waals surface area contributed by atoms with Gasteiger partial charge in [0.15, 0.2) is 0 Å². The van der Waals surface area contributed by atoms with Crippen molar-refractivity contribution in [3.63, 3.8) is 0 Å². The second-order valence-corrected chi connectivity index (χ2v) is 7.52. The van der Waals surface area contributed by atoms with Crippen LogP contribution in [-0.2, 0) is 4.79 Å². The van der Waals surface area contributed by atoms with Crippen molar-refractivity contribution in [2.24, 2.45) is 0 Å². The van der Waals surface area contributed by atoms with E-state index >= 15 is 0 Å². The molecule has 6 nitrogen and oxygen atoms in total. The smallest absolute Gasteiger partial charge is 0.336 e. The lowest BCUT2D eigenvalue weighted by atomic mass is 10.2. The molecule has 0 aliphatic carbocycles. The normalized spacial score (nSPS) is 15.1. The zero-order valence-corrected chi connectivity index (χ0v) is 16.5. The first-order chi connectivity index (χ1) is 13.9. The van der Waals surface area contributed by atoms with Gasteiger partial charge >= 0.3 is 5.69 Å². The maximum Gasteiger partial charge on any atom is 0.336 e. The summed E-state index contributed by atoms with van der Waals surface area (Å²) >= 11 is 5.87. The summed E-state index contributed by atoms with van der Waals surface area (Å²) in [7, 11) is 0. The Bertz CT molecular complexity index is 1230. The Hall–Kier alpha value is -2.93. The van der Waals surface area contributed by atoms with Crippen molar-refractivity contribution in [1.82, 2.24) is 14.0 Å². The van der Waals surface area contributed by atoms with Gasteiger partial charge in [-0.3, -0.25) is 14.2 Å². The number of para-hydroxylation sites is 1. The monoisotopic (exact) mass is 415 g/mol. The fourth-order valence-electron chi connectivity index (χ4n) is 3.82. The van der Waals surface area contributed by atoms with Gasteiger partial charge in [0.2, 0.25) is 5.91 Å². The van der Waals surface area contributed by atoms with Crippen molar-refractivity contribution in [3.05, 3.63) is 74.1 Å². The molecular weight excluding hydrogens is 397 g/mol. The molecule has 4 rings (SSSR count). The summed E-state index contributed by atoms with van der Waals surface area (Å²) in [6.07, 6.45) is 1.86. The Balaban J connectivity index is 1.99. The van der Waals surface area contributed by atoms with Crippen LogP contribution in [-0.4, -0.2) is 33.0 Å². The van der Waals surface area contributed by atoms with E-state index in [1.807, 2.05) is 0 Å². The fourth-order valence-corrected chi connectivity index (χ4v) is 4.00. The lowest BCUT2D eigenvalue weighted by Crippen LogP contribution is -2.44. The van der Waals surface area contributed by atoms with Gasteiger partial charge < -0.3 is 4.90 Å². The molecule has 1 atom stereocenters. The van der Waals surface area contributed by atoms with Crippen LogP contribution in [0.3, 0.4) is 0 Å². The molecule has 0 bridgehead atoms. The van der Waals surface area contributed by atoms with Gasteiger partial charge in [-0.1, -0.05) is 23.7 Å². The van der Waals surface area contributed by atoms with Gasteiger partial charge in [0, 0.05) is 13.1 Å². The number of hydrogen-bond donors (Lipinski definition) is 0. The number of aromatic nitrogens is 2. The lowest BCUT2D eigenvalue weighted by molar-refractivity contribution is -0.133. The van der Waals surface area contributed by atoms with E-state index in [4.69, 9.17) is 11.6 Å². The Kier molecular flexibility index (Phi) is 5.00. The van der Waals surface area contributed by atoms with Gasteiger partial charge in [0.1, 0.15) is 11.9 Å². The van der Waals surface area contributed by atoms with Crippen LogP contribution in [0.25, 0.3) is 16.6 Å². The van der Waals surface area contributed by atoms with Crippen molar-refractivity contribution in [2.75, 3.05) is 13.1 Å². The largest absolute Gasteiger partial charge is 0.341 e. The summed E-state index contributed by atoms with van der Waals surface area (Å²) < 4.78 is 15.9. The molecule has 0 N–H and O–H groups in total. The molecule has 0 unspecified atom stereocenters. The van der Waals surface area contributed by atoms with Crippen molar-refractivity contribution in [3.8, 4) is 5.69 Å². The summed E-state index contributed by atoms with van der Waals surface area (Å²) in [5.74, 6) is -0.820. The van der Waals surface area contributed by atoms with Crippen LogP contribution < -0.4 is 11.2 Å². The molecule has 1 aliphatic heterocycles. The van der Waals surface area contributed by atoms with E-state index in [9.17, 15) is 18.8 Å². The molecule has 1 amide bonds. The van der Waals surface area contributed by atoms with Crippen molar-refractivity contribution in [2.45, 2.75) is 25.8 Å². The first-order valence-corrected chi connectivity index (χ1v) is 9.78. The first kappa shape index (κ1) is 19.4. The molecular formula is C21H19ClFN3O3. The minimum Gasteiger partial charge on any atom is -0.341 e. The Morgan fingerprint density at radius 2 is 1.79 bits per heavy atom. The zero-order chi connectivity index (χ0) is 20.7. The average Bonchev–Trinajstić information content (AvgIpc) is 3.25. The van der Waals surface area contributed by atoms with Gasteiger partial charge in [-0.05, 0) is 50.1 Å². The highest BCUT2D eigenvalue weighted by Crippen LogP contribution is 2.21. The second kappa shape index (κ2) is 7.48. The lowest BCUT2D eigenvalue weighted by Gasteiger charge is -2.24. The van der Waals surface area contributed by atoms with Gasteiger partial charge in [-0.25, -0.2) is 13.8 Å². The molecule has 8 heteroatoms. The van der Waals surface area contributed by atoms with Crippen LogP contribution in [0, 0.1) is 5.82 Å². The number of hydrogen-bond acceptors (Lipinski definition) is 3. The topological polar surface area (TPSA) is 64.3 Å². The summed E-state index contributed by atoms with van der Waals surface area (Å²) in [6, 6.07) is 9.49. The number of carbonyl (C=O) groups is 1. The number of carbonyl (C=O) groups excluding carboxylic acids is 1. The number of amides is 1. The SMILES string of the molecule is C[C@H](C(=O)N1CCCC1)n1c(=O)n(-c2ccc(F)c(Cl)c2)c(=O)c2ccccc21. The molecule has 2 heterocycles. The van der Waals surface area contributed by atoms with E-state index in [1.165, 1.54) is 16.7 Å². The van der Waals surface area contributed by atoms with Gasteiger partial charge in [-0.2, -0.15) is 0 Å². The van der Waals surface area contributed by atoms with Crippen LogP contribution in [0.15, 0.2) is 52.1 Å². The molecule has 0 saturated carbocycles. The molecule has 1 saturated heterocycles. The van der Waals surface area contributed by atoms with E-state index in [2.05, 4.69) is 0 Å². The third-order valence-corrected chi connectivity index (χ3v) is 5.61. The molecule has 2 aromatic carbocycles. The van der Waals surface area contributed by atoms with E-state index < -0.39 is 23.1 Å². The quantitative estimate of drug-likeness (QED) is 0.660. The predicted octanol–water partition coefficient (Wildman–Crippen LogP) is 3.13. The number of nitrogens with zero attached hydrogens (tertiary/aromatic N) is 3. The Morgan fingerprint density at radius 1 is 1.10 bits per heavy atom. The van der Waals surface area contributed by atoms with E-state index in [-0.39, 0.29) is 22.0 Å². The average molecular weight is 416 g/mol. The van der Waals surface area contributed by atoms with Crippen molar-refractivity contribution in [1.29, 1.82) is 0 Å². The molecule has 0 spiro atoms. The van der Waals surface area contributed by atoms with E-state index in [0.29, 0.717) is 18.6 Å². The van der Waals surface area contributed by atoms with Crippen LogP contribution >= 0.6 is 11.6 Å². The second-order valence-electron chi connectivity index (χ2n) is 7.12. The van der Waals surface area contributed by atoms with Crippen LogP contribution in [0.2, 0.25) is 5.02 Å². The molecule has 29 heavy (non-hydrogen) atoms. The highest BCUT2D eigenvalue weighted by molar-refractivity contribution is 6.30. The Morgan fingerprint density at radius 3 is 2.48 bits per heavy atom. The minimum atomic E-state index is -0.798. The van der Waals surface area contributed by atoms with Gasteiger partial charge in [-0.15, -0.1) is 0 Å². The molecule has 150 valence electrons. The summed E-state index contributed by atoms with van der Waals surface area (Å²) in [6.45, 7) is 2.97. The fraction of sp³-hybridized carbons (Fsp3) is 0.286. The molecule has 0 radical (unpaired) electrons. The standard InChI is InChI=1S/C21H19ClFN3O3/c1-13(19(27)24-10-4-5-11-24)25-18-7-3-2-6-15(18)20(28)26(21(25)29)14-8-9-17(23)16(22)12-14/h2-3,6-9,12-13H,4-5,10-11H2,1H3/t13-/m1/s1. The highest BCUT2D eigenvalue weighted by Gasteiger charge is 2.28. The molecule has 1 fully saturated rings. The van der Waals surface area contributed by atoms with E-state index in [1.54, 1.807) is 36.1 Å². The predicted molar refractivity (Wildman–Crippen MR) is 109 cm³/mol. The van der Waals surface area contributed by atoms with Crippen LogP contribution in [0.5, 0.6) is 0 Å². The third kappa shape index (κ3) is 3.25. The van der Waals surface area contributed by atoms with Gasteiger partial charge in [0.05, 0.1) is 21.6 Å². The van der Waals surface area contributed by atoms with Gasteiger partial charge in [0.25, 0.3) is 5.56 Å². The highest BCUT2D eigenvalue weighted by atomic mass is 35.5. The number of fused-ring (bicyclic) bond motifs is 1. The summed E-state index contributed by atoms with van der Waals surface area (Å²) in [5.41, 5.74) is -0.694. The first-order valence-electron chi connectivity index (χ1n) is 9.40. The minimum absolute atomic E-state index is 0.145. The molecule has 1 aromatic heterocycles. The maximum atomic E-state index is 13.6. The zero-order valence-electron chi connectivity index (χ0n) is 15.8. The summed E-state index contributed by atoms with van der Waals surface area (Å²) in [4.78, 5) is 41.2. The number of likely N-dealkylation sites (tertiary alicyclic amines) is 1. The number of halogens is 2. The molecule has 1 aliphatic rings. The number of rotatable bonds is 3. The van der Waals surface area contributed by atoms with E-state index in [0.717, 1.165) is 23.5 Å². The van der Waals surface area contributed by atoms with Crippen LogP contribution in [0.1, 0.15) is 25.8 Å². The van der Waals surface area contributed by atoms with Crippen LogP contribution in [0.4, 0.5) is 4.39 Å². The summed E-state index contributed by atoms with van der Waals surface area (Å²) in [5, 5.41) is 0.0864. The molecule has 3 aromatic rings. The van der Waals surface area contributed by atoms with Crippen molar-refractivity contribution >= 4 is 28.4 Å². The number of benzene rings is 2.